The van der Waals surface area contributed by atoms with Gasteiger partial charge in [-0.1, -0.05) is 140 Å². The summed E-state index contributed by atoms with van der Waals surface area (Å²) in [4.78, 5) is 61.2. The van der Waals surface area contributed by atoms with Gasteiger partial charge < -0.3 is 43.1 Å². The van der Waals surface area contributed by atoms with Gasteiger partial charge in [-0.3, -0.25) is 0 Å². The van der Waals surface area contributed by atoms with Crippen molar-refractivity contribution >= 4 is 22.8 Å². The maximum absolute atomic E-state index is 10.2. The van der Waals surface area contributed by atoms with Crippen molar-refractivity contribution in [3.05, 3.63) is 0 Å². The van der Waals surface area contributed by atoms with Crippen LogP contribution in [0.2, 0.25) is 0 Å². The van der Waals surface area contributed by atoms with Gasteiger partial charge in [-0.25, -0.2) is 0 Å². The van der Waals surface area contributed by atoms with Crippen molar-refractivity contribution in [2.45, 2.75) is 136 Å². The molecule has 0 aliphatic heterocycles. The minimum atomic E-state index is -4.22. The molecule has 0 bridgehead atoms. The normalized spacial score (nSPS) is 11.3. The molecule has 38 heavy (non-hydrogen) atoms. The van der Waals surface area contributed by atoms with E-state index in [1.165, 1.54) is 38.5 Å². The molecule has 0 aliphatic carbocycles. The Morgan fingerprint density at radius 2 is 0.500 bits per heavy atom. The van der Waals surface area contributed by atoms with Crippen LogP contribution in [0.25, 0.3) is 0 Å². The molecule has 0 saturated heterocycles. The standard InChI is InChI=1S/3C8H19O3P.2Nd/c3*1-2-3-4-5-6-7-8-12(9,10)11;;/h3*2-8H2,1H3,(H2,9,10,11);;/q;;;2*+3/p-6. The first kappa shape index (κ1) is 50.8. The summed E-state index contributed by atoms with van der Waals surface area (Å²) >= 11 is 0. The fourth-order valence-corrected chi connectivity index (χ4v) is 5.09. The van der Waals surface area contributed by atoms with E-state index in [0.29, 0.717) is 19.3 Å². The Balaban J connectivity index is -0.000000140. The molecule has 14 heteroatoms. The minimum absolute atomic E-state index is 0. The first-order chi connectivity index (χ1) is 16.7. The van der Waals surface area contributed by atoms with Crippen molar-refractivity contribution < 1.29 is 125 Å². The van der Waals surface area contributed by atoms with Gasteiger partial charge in [0.05, 0.1) is 0 Å². The van der Waals surface area contributed by atoms with Crippen LogP contribution in [-0.2, 0) is 13.7 Å². The smallest absolute Gasteiger partial charge is 0.811 e. The predicted octanol–water partition coefficient (Wildman–Crippen LogP) is 3.78. The van der Waals surface area contributed by atoms with Crippen LogP contribution in [0.4, 0.5) is 0 Å². The number of hydrogen-bond acceptors (Lipinski definition) is 9. The summed E-state index contributed by atoms with van der Waals surface area (Å²) in [6, 6.07) is 0. The Morgan fingerprint density at radius 1 is 0.342 bits per heavy atom. The molecule has 0 spiro atoms. The molecule has 2 radical (unpaired) electrons. The van der Waals surface area contributed by atoms with Gasteiger partial charge in [0, 0.05) is 0 Å². The van der Waals surface area contributed by atoms with Crippen molar-refractivity contribution in [2.24, 2.45) is 0 Å². The zero-order valence-electron chi connectivity index (χ0n) is 23.9. The van der Waals surface area contributed by atoms with Gasteiger partial charge in [-0.15, -0.1) is 0 Å². The minimum Gasteiger partial charge on any atom is -0.811 e. The van der Waals surface area contributed by atoms with E-state index in [4.69, 9.17) is 0 Å². The quantitative estimate of drug-likeness (QED) is 0.122. The molecule has 9 nitrogen and oxygen atoms in total. The van der Waals surface area contributed by atoms with E-state index < -0.39 is 22.8 Å². The number of rotatable bonds is 21. The zero-order chi connectivity index (χ0) is 28.3. The molecule has 224 valence electrons. The van der Waals surface area contributed by atoms with Crippen LogP contribution in [0.1, 0.15) is 136 Å². The summed E-state index contributed by atoms with van der Waals surface area (Å²) in [6.45, 7) is 6.39. The third-order valence-electron chi connectivity index (χ3n) is 5.36. The maximum atomic E-state index is 10.2. The van der Waals surface area contributed by atoms with E-state index in [-0.39, 0.29) is 100 Å². The molecule has 0 amide bonds. The van der Waals surface area contributed by atoms with E-state index in [9.17, 15) is 43.1 Å². The largest absolute Gasteiger partial charge is 3.00 e. The molecule has 0 atom stereocenters. The third-order valence-corrected chi connectivity index (χ3v) is 7.95. The van der Waals surface area contributed by atoms with Crippen LogP contribution in [-0.4, -0.2) is 18.5 Å². The zero-order valence-corrected chi connectivity index (χ0v) is 33.0. The van der Waals surface area contributed by atoms with Gasteiger partial charge in [0.1, 0.15) is 0 Å². The second kappa shape index (κ2) is 34.6. The Hall–Kier alpha value is 3.15. The summed E-state index contributed by atoms with van der Waals surface area (Å²) in [5, 5.41) is 0. The van der Waals surface area contributed by atoms with Crippen LogP contribution < -0.4 is 29.4 Å². The molecule has 0 rings (SSSR count). The topological polar surface area (TPSA) is 190 Å². The third kappa shape index (κ3) is 62.7. The fourth-order valence-electron chi connectivity index (χ4n) is 3.26. The van der Waals surface area contributed by atoms with Gasteiger partial charge in [-0.2, -0.15) is 0 Å². The first-order valence-electron chi connectivity index (χ1n) is 13.7. The van der Waals surface area contributed by atoms with Crippen LogP contribution in [0.3, 0.4) is 0 Å². The maximum Gasteiger partial charge on any atom is 3.00 e. The molecular formula is C24H51Nd2O9P3. The van der Waals surface area contributed by atoms with Gasteiger partial charge in [0.15, 0.2) is 0 Å². The summed E-state index contributed by atoms with van der Waals surface area (Å²) in [6.07, 6.45) is 17.5. The van der Waals surface area contributed by atoms with Crippen molar-refractivity contribution in [1.29, 1.82) is 0 Å². The van der Waals surface area contributed by atoms with Gasteiger partial charge in [0.25, 0.3) is 0 Å². The second-order valence-corrected chi connectivity index (χ2v) is 14.3. The molecule has 0 heterocycles. The Labute approximate surface area is 298 Å². The van der Waals surface area contributed by atoms with Crippen molar-refractivity contribution in [3.8, 4) is 0 Å². The molecular weight excluding hydrogens is 814 g/mol. The summed E-state index contributed by atoms with van der Waals surface area (Å²) in [5.41, 5.74) is 0. The molecule has 0 N–H and O–H groups in total. The van der Waals surface area contributed by atoms with Gasteiger partial charge >= 0.3 is 81.7 Å². The molecule has 0 aromatic heterocycles. The summed E-state index contributed by atoms with van der Waals surface area (Å²) < 4.78 is 30.6. The average molecular weight is 865 g/mol. The number of unbranched alkanes of at least 4 members (excludes halogenated alkanes) is 15. The van der Waals surface area contributed by atoms with Crippen molar-refractivity contribution in [3.63, 3.8) is 0 Å². The summed E-state index contributed by atoms with van der Waals surface area (Å²) in [7, 11) is -12.7. The van der Waals surface area contributed by atoms with Crippen LogP contribution in [0, 0.1) is 81.7 Å². The van der Waals surface area contributed by atoms with Gasteiger partial charge in [-0.05, 0) is 37.7 Å². The summed E-state index contributed by atoms with van der Waals surface area (Å²) in [5.74, 6) is 0. The molecule has 0 aliphatic rings. The van der Waals surface area contributed by atoms with E-state index >= 15 is 0 Å². The van der Waals surface area contributed by atoms with Crippen molar-refractivity contribution in [2.75, 3.05) is 18.5 Å². The van der Waals surface area contributed by atoms with Crippen LogP contribution in [0.5, 0.6) is 0 Å². The first-order valence-corrected chi connectivity index (χ1v) is 18.9. The molecule has 0 saturated carbocycles. The molecule has 0 unspecified atom stereocenters. The SMILES string of the molecule is CCCCCCCCP(=O)([O-])[O-].CCCCCCCCP(=O)([O-])[O-].CCCCCCCCP(=O)([O-])[O-].[Nd+3].[Nd+3]. The van der Waals surface area contributed by atoms with Crippen LogP contribution in [0.15, 0.2) is 0 Å². The van der Waals surface area contributed by atoms with E-state index in [1.54, 1.807) is 0 Å². The van der Waals surface area contributed by atoms with E-state index in [2.05, 4.69) is 20.8 Å². The Kier molecular flexibility index (Phi) is 46.3. The average Bonchev–Trinajstić information content (AvgIpc) is 2.74. The predicted molar refractivity (Wildman–Crippen MR) is 138 cm³/mol. The van der Waals surface area contributed by atoms with Crippen molar-refractivity contribution in [1.82, 2.24) is 0 Å². The number of hydrogen-bond donors (Lipinski definition) is 0. The molecule has 0 aromatic rings. The van der Waals surface area contributed by atoms with E-state index in [0.717, 1.165) is 57.8 Å². The van der Waals surface area contributed by atoms with Gasteiger partial charge in [0.2, 0.25) is 0 Å². The Morgan fingerprint density at radius 3 is 0.658 bits per heavy atom. The second-order valence-electron chi connectivity index (χ2n) is 9.31. The fraction of sp³-hybridized carbons (Fsp3) is 1.00. The van der Waals surface area contributed by atoms with Crippen LogP contribution >= 0.6 is 22.8 Å². The molecule has 0 fully saturated rings. The van der Waals surface area contributed by atoms with E-state index in [1.807, 2.05) is 0 Å². The monoisotopic (exact) mass is 860 g/mol. The molecule has 0 aromatic carbocycles. The Bertz CT molecular complexity index is 516.